The van der Waals surface area contributed by atoms with E-state index in [0.717, 1.165) is 18.9 Å². The fourth-order valence-corrected chi connectivity index (χ4v) is 4.83. The number of carbonyl (C=O) groups excluding carboxylic acids is 1. The number of halogens is 1. The number of nitrogens with one attached hydrogen (secondary N) is 2. The Kier molecular flexibility index (Phi) is 7.74. The number of benzene rings is 2. The number of carbonyl (C=O) groups is 1. The fourth-order valence-electron chi connectivity index (χ4n) is 2.52. The summed E-state index contributed by atoms with van der Waals surface area (Å²) in [5.41, 5.74) is 0.346. The van der Waals surface area contributed by atoms with E-state index in [1.807, 2.05) is 6.92 Å². The lowest BCUT2D eigenvalue weighted by Gasteiger charge is -2.10. The summed E-state index contributed by atoms with van der Waals surface area (Å²) in [6, 6.07) is 10.2. The molecule has 2 N–H and O–H groups in total. The number of amides is 1. The highest BCUT2D eigenvalue weighted by Gasteiger charge is 2.18. The van der Waals surface area contributed by atoms with E-state index in [2.05, 4.69) is 10.0 Å². The average Bonchev–Trinajstić information content (AvgIpc) is 2.61. The number of sulfonamides is 1. The Morgan fingerprint density at radius 2 is 1.66 bits per heavy atom. The van der Waals surface area contributed by atoms with Crippen LogP contribution in [-0.2, 0) is 24.7 Å². The van der Waals surface area contributed by atoms with Crippen LogP contribution in [0, 0.1) is 5.82 Å². The van der Waals surface area contributed by atoms with Crippen molar-refractivity contribution in [3.8, 4) is 0 Å². The first-order chi connectivity index (χ1) is 13.6. The molecule has 1 amide bonds. The zero-order valence-electron chi connectivity index (χ0n) is 15.9. The van der Waals surface area contributed by atoms with Crippen molar-refractivity contribution < 1.29 is 26.0 Å². The number of rotatable bonds is 10. The van der Waals surface area contributed by atoms with Gasteiger partial charge in [-0.3, -0.25) is 9.52 Å². The lowest BCUT2D eigenvalue weighted by Crippen LogP contribution is -2.24. The van der Waals surface area contributed by atoms with E-state index in [-0.39, 0.29) is 22.0 Å². The Morgan fingerprint density at radius 3 is 2.28 bits per heavy atom. The molecule has 0 unspecified atom stereocenters. The zero-order chi connectivity index (χ0) is 21.5. The number of anilines is 2. The van der Waals surface area contributed by atoms with Crippen LogP contribution < -0.4 is 10.0 Å². The lowest BCUT2D eigenvalue weighted by atomic mass is 10.3. The molecule has 2 aromatic carbocycles. The molecule has 10 heteroatoms. The molecule has 0 aliphatic heterocycles. The number of sulfone groups is 1. The minimum atomic E-state index is -3.94. The molecule has 0 saturated heterocycles. The van der Waals surface area contributed by atoms with Gasteiger partial charge in [-0.2, -0.15) is 0 Å². The minimum absolute atomic E-state index is 0.0445. The molecular formula is C19H23FN2O5S2. The summed E-state index contributed by atoms with van der Waals surface area (Å²) < 4.78 is 64.0. The molecule has 0 atom stereocenters. The third-order valence-electron chi connectivity index (χ3n) is 3.94. The van der Waals surface area contributed by atoms with Crippen molar-refractivity contribution in [2.45, 2.75) is 31.1 Å². The lowest BCUT2D eigenvalue weighted by molar-refractivity contribution is -0.113. The Morgan fingerprint density at radius 1 is 0.966 bits per heavy atom. The largest absolute Gasteiger partial charge is 0.325 e. The summed E-state index contributed by atoms with van der Waals surface area (Å²) in [7, 11) is -7.43. The van der Waals surface area contributed by atoms with Gasteiger partial charge in [0.2, 0.25) is 5.91 Å². The summed E-state index contributed by atoms with van der Waals surface area (Å²) in [4.78, 5) is 11.9. The van der Waals surface area contributed by atoms with E-state index in [1.54, 1.807) is 0 Å². The van der Waals surface area contributed by atoms with Gasteiger partial charge in [-0.15, -0.1) is 0 Å². The monoisotopic (exact) mass is 442 g/mol. The number of hydrogen-bond acceptors (Lipinski definition) is 5. The first kappa shape index (κ1) is 22.8. The average molecular weight is 443 g/mol. The van der Waals surface area contributed by atoms with E-state index in [1.165, 1.54) is 42.5 Å². The van der Waals surface area contributed by atoms with Crippen LogP contribution >= 0.6 is 0 Å². The summed E-state index contributed by atoms with van der Waals surface area (Å²) in [6.07, 6.45) is 2.17. The van der Waals surface area contributed by atoms with Crippen molar-refractivity contribution in [3.63, 3.8) is 0 Å². The van der Waals surface area contributed by atoms with Crippen molar-refractivity contribution in [2.75, 3.05) is 21.5 Å². The van der Waals surface area contributed by atoms with Crippen LogP contribution in [0.5, 0.6) is 0 Å². The molecule has 2 rings (SSSR count). The van der Waals surface area contributed by atoms with Crippen molar-refractivity contribution in [3.05, 3.63) is 54.3 Å². The van der Waals surface area contributed by atoms with E-state index < -0.39 is 37.3 Å². The first-order valence-electron chi connectivity index (χ1n) is 9.00. The van der Waals surface area contributed by atoms with Gasteiger partial charge in [0.25, 0.3) is 10.0 Å². The highest BCUT2D eigenvalue weighted by atomic mass is 32.2. The van der Waals surface area contributed by atoms with Crippen LogP contribution in [-0.4, -0.2) is 34.2 Å². The summed E-state index contributed by atoms with van der Waals surface area (Å²) in [5, 5.41) is 2.44. The first-order valence-corrected chi connectivity index (χ1v) is 12.3. The fraction of sp³-hybridized carbons (Fsp3) is 0.316. The number of unbranched alkanes of at least 4 members (excludes halogenated alkanes) is 2. The molecule has 0 heterocycles. The van der Waals surface area contributed by atoms with Crippen LogP contribution in [0.3, 0.4) is 0 Å². The number of hydrogen-bond donors (Lipinski definition) is 2. The smallest absolute Gasteiger partial charge is 0.261 e. The van der Waals surface area contributed by atoms with E-state index >= 15 is 0 Å². The molecule has 7 nitrogen and oxygen atoms in total. The molecule has 0 bridgehead atoms. The second-order valence-corrected chi connectivity index (χ2v) is 10.4. The molecule has 0 fully saturated rings. The highest BCUT2D eigenvalue weighted by Crippen LogP contribution is 2.19. The summed E-state index contributed by atoms with van der Waals surface area (Å²) in [6.45, 7) is 1.96. The Bertz CT molecular complexity index is 1050. The Hall–Kier alpha value is -2.46. The van der Waals surface area contributed by atoms with Crippen LogP contribution in [0.1, 0.15) is 26.2 Å². The third kappa shape index (κ3) is 7.47. The molecule has 2 aromatic rings. The van der Waals surface area contributed by atoms with Crippen LogP contribution in [0.15, 0.2) is 53.4 Å². The maximum atomic E-state index is 13.2. The SMILES string of the molecule is CCCCCS(=O)(=O)CC(=O)Nc1ccc(S(=O)(=O)Nc2cccc(F)c2)cc1. The summed E-state index contributed by atoms with van der Waals surface area (Å²) >= 11 is 0. The van der Waals surface area contributed by atoms with Crippen molar-refractivity contribution in [1.82, 2.24) is 0 Å². The minimum Gasteiger partial charge on any atom is -0.325 e. The normalized spacial score (nSPS) is 11.8. The van der Waals surface area contributed by atoms with E-state index in [9.17, 15) is 26.0 Å². The molecule has 0 saturated carbocycles. The standard InChI is InChI=1S/C19H23FN2O5S2/c1-2-3-4-12-28(24,25)14-19(23)21-16-8-10-18(11-9-16)29(26,27)22-17-7-5-6-15(20)13-17/h5-11,13,22H,2-4,12,14H2,1H3,(H,21,23). The van der Waals surface area contributed by atoms with Gasteiger partial charge in [-0.25, -0.2) is 21.2 Å². The maximum absolute atomic E-state index is 13.2. The molecule has 0 spiro atoms. The highest BCUT2D eigenvalue weighted by molar-refractivity contribution is 7.92. The predicted molar refractivity (Wildman–Crippen MR) is 110 cm³/mol. The molecule has 0 aromatic heterocycles. The quantitative estimate of drug-likeness (QED) is 0.549. The van der Waals surface area contributed by atoms with Crippen LogP contribution in [0.2, 0.25) is 0 Å². The topological polar surface area (TPSA) is 109 Å². The second kappa shape index (κ2) is 9.84. The van der Waals surface area contributed by atoms with Crippen LogP contribution in [0.25, 0.3) is 0 Å². The molecule has 0 radical (unpaired) electrons. The summed E-state index contributed by atoms with van der Waals surface area (Å²) in [5.74, 6) is -1.93. The molecule has 158 valence electrons. The van der Waals surface area contributed by atoms with Gasteiger partial charge >= 0.3 is 0 Å². The van der Waals surface area contributed by atoms with Crippen molar-refractivity contribution in [1.29, 1.82) is 0 Å². The van der Waals surface area contributed by atoms with E-state index in [0.29, 0.717) is 6.42 Å². The third-order valence-corrected chi connectivity index (χ3v) is 6.95. The second-order valence-electron chi connectivity index (χ2n) is 6.49. The van der Waals surface area contributed by atoms with Crippen molar-refractivity contribution >= 4 is 37.1 Å². The van der Waals surface area contributed by atoms with Gasteiger partial charge in [-0.1, -0.05) is 25.8 Å². The predicted octanol–water partition coefficient (Wildman–Crippen LogP) is 3.17. The molecule has 0 aliphatic carbocycles. The van der Waals surface area contributed by atoms with Gasteiger partial charge in [-0.05, 0) is 48.9 Å². The van der Waals surface area contributed by atoms with Gasteiger partial charge < -0.3 is 5.32 Å². The van der Waals surface area contributed by atoms with Gasteiger partial charge in [0, 0.05) is 5.69 Å². The molecule has 29 heavy (non-hydrogen) atoms. The van der Waals surface area contributed by atoms with Gasteiger partial charge in [0.05, 0.1) is 16.3 Å². The van der Waals surface area contributed by atoms with Gasteiger partial charge in [0.1, 0.15) is 11.6 Å². The van der Waals surface area contributed by atoms with E-state index in [4.69, 9.17) is 0 Å². The molecule has 0 aliphatic rings. The van der Waals surface area contributed by atoms with Crippen molar-refractivity contribution in [2.24, 2.45) is 0 Å². The van der Waals surface area contributed by atoms with Gasteiger partial charge in [0.15, 0.2) is 9.84 Å². The van der Waals surface area contributed by atoms with Crippen LogP contribution in [0.4, 0.5) is 15.8 Å². The molecular weight excluding hydrogens is 419 g/mol. The Balaban J connectivity index is 1.99. The zero-order valence-corrected chi connectivity index (χ0v) is 17.5. The maximum Gasteiger partial charge on any atom is 0.261 e. The Labute approximate surface area is 170 Å².